The molecule has 2 atom stereocenters. The molecule has 2 unspecified atom stereocenters. The standard InChI is InChI=1S/C13H14O3/c1-16-11-5-2-9(3-6-11)13-10(8-14)4-7-12(13)15/h2-7,10,13-14H,8H2,1H3. The second-order valence-corrected chi connectivity index (χ2v) is 3.86. The summed E-state index contributed by atoms with van der Waals surface area (Å²) in [7, 11) is 1.60. The van der Waals surface area contributed by atoms with Crippen LogP contribution in [0.3, 0.4) is 0 Å². The van der Waals surface area contributed by atoms with E-state index >= 15 is 0 Å². The Morgan fingerprint density at radius 3 is 2.56 bits per heavy atom. The van der Waals surface area contributed by atoms with Gasteiger partial charge in [0, 0.05) is 5.92 Å². The van der Waals surface area contributed by atoms with E-state index in [0.29, 0.717) is 0 Å². The van der Waals surface area contributed by atoms with Gasteiger partial charge in [0.1, 0.15) is 5.75 Å². The summed E-state index contributed by atoms with van der Waals surface area (Å²) in [6.45, 7) is -0.00106. The van der Waals surface area contributed by atoms with E-state index in [1.807, 2.05) is 24.3 Å². The zero-order chi connectivity index (χ0) is 11.5. The van der Waals surface area contributed by atoms with Crippen molar-refractivity contribution < 1.29 is 14.6 Å². The maximum absolute atomic E-state index is 11.7. The van der Waals surface area contributed by atoms with Crippen molar-refractivity contribution in [3.63, 3.8) is 0 Å². The molecule has 0 saturated heterocycles. The number of ketones is 1. The highest BCUT2D eigenvalue weighted by molar-refractivity contribution is 5.98. The Balaban J connectivity index is 2.26. The second kappa shape index (κ2) is 4.49. The molecule has 0 bridgehead atoms. The molecule has 84 valence electrons. The Hall–Kier alpha value is -1.61. The lowest BCUT2D eigenvalue weighted by Gasteiger charge is -2.16. The number of benzene rings is 1. The molecule has 1 aliphatic carbocycles. The third kappa shape index (κ3) is 1.86. The molecular weight excluding hydrogens is 204 g/mol. The van der Waals surface area contributed by atoms with Crippen LogP contribution in [0.2, 0.25) is 0 Å². The van der Waals surface area contributed by atoms with Gasteiger partial charge in [-0.1, -0.05) is 18.2 Å². The van der Waals surface area contributed by atoms with Gasteiger partial charge in [-0.15, -0.1) is 0 Å². The zero-order valence-corrected chi connectivity index (χ0v) is 9.09. The van der Waals surface area contributed by atoms with E-state index in [-0.39, 0.29) is 24.2 Å². The number of carbonyl (C=O) groups is 1. The maximum Gasteiger partial charge on any atom is 0.163 e. The third-order valence-corrected chi connectivity index (χ3v) is 2.93. The van der Waals surface area contributed by atoms with Gasteiger partial charge in [-0.3, -0.25) is 4.79 Å². The lowest BCUT2D eigenvalue weighted by Crippen LogP contribution is -2.16. The summed E-state index contributed by atoms with van der Waals surface area (Å²) in [5.41, 5.74) is 0.926. The Labute approximate surface area is 94.4 Å². The van der Waals surface area contributed by atoms with Crippen LogP contribution in [0.5, 0.6) is 5.75 Å². The van der Waals surface area contributed by atoms with E-state index in [9.17, 15) is 9.90 Å². The number of hydrogen-bond acceptors (Lipinski definition) is 3. The maximum atomic E-state index is 11.7. The first-order chi connectivity index (χ1) is 7.76. The molecule has 2 rings (SSSR count). The van der Waals surface area contributed by atoms with Gasteiger partial charge in [-0.25, -0.2) is 0 Å². The number of aliphatic hydroxyl groups excluding tert-OH is 1. The predicted octanol–water partition coefficient (Wildman–Crippen LogP) is 1.53. The quantitative estimate of drug-likeness (QED) is 0.836. The fraction of sp³-hybridized carbons (Fsp3) is 0.308. The van der Waals surface area contributed by atoms with Crippen LogP contribution in [0.25, 0.3) is 0 Å². The molecule has 0 saturated carbocycles. The molecule has 16 heavy (non-hydrogen) atoms. The SMILES string of the molecule is COc1ccc(C2C(=O)C=CC2CO)cc1. The number of rotatable bonds is 3. The van der Waals surface area contributed by atoms with E-state index < -0.39 is 0 Å². The Bertz CT molecular complexity index is 406. The van der Waals surface area contributed by atoms with Crippen molar-refractivity contribution in [2.45, 2.75) is 5.92 Å². The highest BCUT2D eigenvalue weighted by Crippen LogP contribution is 2.32. The van der Waals surface area contributed by atoms with E-state index in [0.717, 1.165) is 11.3 Å². The van der Waals surface area contributed by atoms with Crippen LogP contribution < -0.4 is 4.74 Å². The topological polar surface area (TPSA) is 46.5 Å². The summed E-state index contributed by atoms with van der Waals surface area (Å²) in [4.78, 5) is 11.7. The monoisotopic (exact) mass is 218 g/mol. The molecule has 1 aromatic rings. The number of methoxy groups -OCH3 is 1. The first kappa shape index (κ1) is 10.9. The largest absolute Gasteiger partial charge is 0.497 e. The summed E-state index contributed by atoms with van der Waals surface area (Å²) in [6, 6.07) is 7.40. The van der Waals surface area contributed by atoms with Crippen molar-refractivity contribution in [1.82, 2.24) is 0 Å². The van der Waals surface area contributed by atoms with Crippen LogP contribution >= 0.6 is 0 Å². The molecule has 0 aliphatic heterocycles. The van der Waals surface area contributed by atoms with Crippen molar-refractivity contribution in [2.24, 2.45) is 5.92 Å². The molecule has 0 radical (unpaired) electrons. The summed E-state index contributed by atoms with van der Waals surface area (Å²) in [5.74, 6) is 0.490. The van der Waals surface area contributed by atoms with Crippen molar-refractivity contribution >= 4 is 5.78 Å². The van der Waals surface area contributed by atoms with E-state index in [1.165, 1.54) is 0 Å². The van der Waals surface area contributed by atoms with Gasteiger partial charge in [0.05, 0.1) is 19.6 Å². The van der Waals surface area contributed by atoms with Crippen LogP contribution in [0, 0.1) is 5.92 Å². The van der Waals surface area contributed by atoms with Crippen molar-refractivity contribution in [3.05, 3.63) is 42.0 Å². The molecule has 0 spiro atoms. The normalized spacial score (nSPS) is 23.8. The Morgan fingerprint density at radius 2 is 2.00 bits per heavy atom. The van der Waals surface area contributed by atoms with Crippen molar-refractivity contribution in [3.8, 4) is 5.75 Å². The molecule has 0 aromatic heterocycles. The summed E-state index contributed by atoms with van der Waals surface area (Å²) >= 11 is 0. The predicted molar refractivity (Wildman–Crippen MR) is 60.5 cm³/mol. The average molecular weight is 218 g/mol. The first-order valence-electron chi connectivity index (χ1n) is 5.23. The van der Waals surface area contributed by atoms with Crippen LogP contribution in [-0.2, 0) is 4.79 Å². The van der Waals surface area contributed by atoms with Gasteiger partial charge >= 0.3 is 0 Å². The van der Waals surface area contributed by atoms with Crippen LogP contribution in [-0.4, -0.2) is 24.6 Å². The highest BCUT2D eigenvalue weighted by atomic mass is 16.5. The number of aliphatic hydroxyl groups is 1. The van der Waals surface area contributed by atoms with E-state index in [1.54, 1.807) is 19.3 Å². The smallest absolute Gasteiger partial charge is 0.163 e. The summed E-state index contributed by atoms with van der Waals surface area (Å²) in [5, 5.41) is 9.19. The van der Waals surface area contributed by atoms with Gasteiger partial charge in [0.25, 0.3) is 0 Å². The first-order valence-corrected chi connectivity index (χ1v) is 5.23. The molecule has 1 aliphatic rings. The van der Waals surface area contributed by atoms with Gasteiger partial charge in [-0.2, -0.15) is 0 Å². The van der Waals surface area contributed by atoms with Gasteiger partial charge in [0.15, 0.2) is 5.78 Å². The minimum Gasteiger partial charge on any atom is -0.497 e. The molecule has 3 nitrogen and oxygen atoms in total. The molecule has 1 aromatic carbocycles. The fourth-order valence-electron chi connectivity index (χ4n) is 2.03. The molecule has 3 heteroatoms. The number of allylic oxidation sites excluding steroid dienone is 1. The zero-order valence-electron chi connectivity index (χ0n) is 9.09. The molecular formula is C13H14O3. The lowest BCUT2D eigenvalue weighted by atomic mass is 9.88. The van der Waals surface area contributed by atoms with E-state index in [2.05, 4.69) is 0 Å². The van der Waals surface area contributed by atoms with Crippen LogP contribution in [0.15, 0.2) is 36.4 Å². The minimum absolute atomic E-state index is 0.00106. The van der Waals surface area contributed by atoms with E-state index in [4.69, 9.17) is 4.74 Å². The number of carbonyl (C=O) groups excluding carboxylic acids is 1. The number of ether oxygens (including phenoxy) is 1. The molecule has 0 fully saturated rings. The molecule has 0 amide bonds. The Morgan fingerprint density at radius 1 is 1.31 bits per heavy atom. The molecule has 0 heterocycles. The lowest BCUT2D eigenvalue weighted by molar-refractivity contribution is -0.116. The van der Waals surface area contributed by atoms with Crippen LogP contribution in [0.4, 0.5) is 0 Å². The van der Waals surface area contributed by atoms with Gasteiger partial charge in [-0.05, 0) is 23.8 Å². The fourth-order valence-corrected chi connectivity index (χ4v) is 2.03. The van der Waals surface area contributed by atoms with Crippen molar-refractivity contribution in [1.29, 1.82) is 0 Å². The summed E-state index contributed by atoms with van der Waals surface area (Å²) in [6.07, 6.45) is 3.33. The molecule has 1 N–H and O–H groups in total. The number of hydrogen-bond donors (Lipinski definition) is 1. The van der Waals surface area contributed by atoms with Crippen LogP contribution in [0.1, 0.15) is 11.5 Å². The third-order valence-electron chi connectivity index (χ3n) is 2.93. The second-order valence-electron chi connectivity index (χ2n) is 3.86. The van der Waals surface area contributed by atoms with Gasteiger partial charge < -0.3 is 9.84 Å². The summed E-state index contributed by atoms with van der Waals surface area (Å²) < 4.78 is 5.06. The average Bonchev–Trinajstić information content (AvgIpc) is 2.70. The van der Waals surface area contributed by atoms with Gasteiger partial charge in [0.2, 0.25) is 0 Å². The minimum atomic E-state index is -0.240. The van der Waals surface area contributed by atoms with Crippen molar-refractivity contribution in [2.75, 3.05) is 13.7 Å². The highest BCUT2D eigenvalue weighted by Gasteiger charge is 2.30. The Kier molecular flexibility index (Phi) is 3.06.